The van der Waals surface area contributed by atoms with Crippen molar-refractivity contribution in [1.29, 1.82) is 0 Å². The molecule has 0 heterocycles. The summed E-state index contributed by atoms with van der Waals surface area (Å²) in [5.74, 6) is 0. The van der Waals surface area contributed by atoms with E-state index in [-0.39, 0.29) is 70.1 Å². The molecule has 6 N–H and O–H groups in total. The van der Waals surface area contributed by atoms with Gasteiger partial charge in [0.15, 0.2) is 0 Å². The third-order valence-electron chi connectivity index (χ3n) is 0.172. The molecule has 0 spiro atoms. The van der Waals surface area contributed by atoms with Crippen LogP contribution in [0.3, 0.4) is 0 Å². The van der Waals surface area contributed by atoms with Crippen LogP contribution in [0.25, 0.3) is 0 Å². The second-order valence-electron chi connectivity index (χ2n) is 0.924. The van der Waals surface area contributed by atoms with Crippen LogP contribution < -0.4 is 0 Å². The van der Waals surface area contributed by atoms with Crippen molar-refractivity contribution >= 4 is 59.1 Å². The molecule has 74 valence electrons. The van der Waals surface area contributed by atoms with E-state index in [4.69, 9.17) is 8.32 Å². The third-order valence-corrected chi connectivity index (χ3v) is 2.92. The molecule has 0 aliphatic carbocycles. The van der Waals surface area contributed by atoms with E-state index in [0.29, 0.717) is 0 Å². The molecule has 0 aliphatic heterocycles. The van der Waals surface area contributed by atoms with Crippen molar-refractivity contribution in [2.45, 2.75) is 0 Å². The van der Waals surface area contributed by atoms with Gasteiger partial charge in [0.05, 0.1) is 0 Å². The zero-order chi connectivity index (χ0) is 7.71. The van der Waals surface area contributed by atoms with Crippen LogP contribution in [0.2, 0.25) is 0 Å². The minimum atomic E-state index is -5.76. The fourth-order valence-corrected chi connectivity index (χ4v) is 1.85. The average Bonchev–Trinajstić information content (AvgIpc) is 1.14. The van der Waals surface area contributed by atoms with Gasteiger partial charge in [-0.2, -0.15) is 0 Å². The quantitative estimate of drug-likeness (QED) is 0.486. The fourth-order valence-electron chi connectivity index (χ4n) is 0.109. The summed E-state index contributed by atoms with van der Waals surface area (Å²) in [5, 5.41) is 0. The second-order valence-corrected chi connectivity index (χ2v) is 4.68. The molecule has 0 bridgehead atoms. The SMILES string of the molecule is O.O.[Na].[Na].[O]=[Cr](=[O])([OH])[O][Cr](=[O])(=[O])[OH]. The molecule has 0 amide bonds. The molecular formula is H6Cr2Na2O9. The van der Waals surface area contributed by atoms with Crippen molar-refractivity contribution in [3.8, 4) is 0 Å². The molecule has 0 unspecified atom stereocenters. The molecule has 0 aliphatic rings. The van der Waals surface area contributed by atoms with E-state index < -0.39 is 27.2 Å². The molecule has 0 aromatic carbocycles. The summed E-state index contributed by atoms with van der Waals surface area (Å²) in [6.45, 7) is 0. The molecule has 0 rings (SSSR count). The Morgan fingerprint density at radius 3 is 0.923 bits per heavy atom. The van der Waals surface area contributed by atoms with Crippen molar-refractivity contribution in [3.05, 3.63) is 0 Å². The van der Waals surface area contributed by atoms with Crippen molar-refractivity contribution in [2.24, 2.45) is 0 Å². The molecule has 9 nitrogen and oxygen atoms in total. The van der Waals surface area contributed by atoms with Gasteiger partial charge >= 0.3 is 53.6 Å². The Labute approximate surface area is 122 Å². The molecule has 0 saturated heterocycles. The van der Waals surface area contributed by atoms with Gasteiger partial charge in [0, 0.05) is 59.1 Å². The number of hydrogen-bond acceptors (Lipinski definition) is 5. The maximum atomic E-state index is 9.53. The summed E-state index contributed by atoms with van der Waals surface area (Å²) in [4.78, 5) is 0. The molecule has 13 heteroatoms. The van der Waals surface area contributed by atoms with Gasteiger partial charge in [-0.3, -0.25) is 0 Å². The van der Waals surface area contributed by atoms with E-state index in [1.165, 1.54) is 0 Å². The average molecular weight is 300 g/mol. The van der Waals surface area contributed by atoms with Gasteiger partial charge in [0.1, 0.15) is 0 Å². The van der Waals surface area contributed by atoms with Gasteiger partial charge < -0.3 is 11.0 Å². The summed E-state index contributed by atoms with van der Waals surface area (Å²) in [5.41, 5.74) is 0. The molecule has 0 atom stereocenters. The van der Waals surface area contributed by atoms with Gasteiger partial charge in [-0.05, 0) is 0 Å². The van der Waals surface area contributed by atoms with Crippen LogP contribution in [0.1, 0.15) is 0 Å². The fraction of sp³-hybridized carbons (Fsp3) is 0. The Hall–Kier alpha value is 2.06. The standard InChI is InChI=1S/2Cr.2Na.4H2O.5O/h;;;;4*1H2;;;;;/q2*+1;;;;;;;;;;;/p-2. The van der Waals surface area contributed by atoms with Crippen LogP contribution in [0.5, 0.6) is 0 Å². The monoisotopic (exact) mass is 300 g/mol. The van der Waals surface area contributed by atoms with Crippen LogP contribution in [0, 0.1) is 0 Å². The van der Waals surface area contributed by atoms with E-state index in [1.54, 1.807) is 0 Å². The number of hydrogen-bond donors (Lipinski definition) is 2. The zero-order valence-electron chi connectivity index (χ0n) is 6.75. The van der Waals surface area contributed by atoms with Gasteiger partial charge in [-0.15, -0.1) is 0 Å². The summed E-state index contributed by atoms with van der Waals surface area (Å²) >= 11 is -11.5. The van der Waals surface area contributed by atoms with Crippen molar-refractivity contribution in [3.63, 3.8) is 0 Å². The molecule has 0 aromatic rings. The zero-order valence-corrected chi connectivity index (χ0v) is 13.3. The Kier molecular flexibility index (Phi) is 23.9. The van der Waals surface area contributed by atoms with E-state index >= 15 is 0 Å². The predicted molar refractivity (Wildman–Crippen MR) is 27.0 cm³/mol. The van der Waals surface area contributed by atoms with Crippen molar-refractivity contribution in [2.75, 3.05) is 0 Å². The summed E-state index contributed by atoms with van der Waals surface area (Å²) in [6.07, 6.45) is 0. The molecule has 0 saturated carbocycles. The predicted octanol–water partition coefficient (Wildman–Crippen LogP) is -4.07. The van der Waals surface area contributed by atoms with E-state index in [1.807, 2.05) is 0 Å². The van der Waals surface area contributed by atoms with E-state index in [9.17, 15) is 15.2 Å². The first kappa shape index (κ1) is 29.4. The van der Waals surface area contributed by atoms with Crippen molar-refractivity contribution in [1.82, 2.24) is 0 Å². The van der Waals surface area contributed by atoms with E-state index in [2.05, 4.69) is 2.84 Å². The Morgan fingerprint density at radius 2 is 0.923 bits per heavy atom. The summed E-state index contributed by atoms with van der Waals surface area (Å²) in [6, 6.07) is 0. The van der Waals surface area contributed by atoms with Crippen LogP contribution in [0.4, 0.5) is 0 Å². The topological polar surface area (TPSA) is 181 Å². The first-order valence-electron chi connectivity index (χ1n) is 1.37. The summed E-state index contributed by atoms with van der Waals surface area (Å²) < 4.78 is 56.3. The molecule has 13 heavy (non-hydrogen) atoms. The van der Waals surface area contributed by atoms with Gasteiger partial charge in [0.2, 0.25) is 0 Å². The maximum absolute atomic E-state index is 9.53. The second kappa shape index (κ2) is 10.6. The molecule has 2 radical (unpaired) electrons. The third kappa shape index (κ3) is 31.5. The van der Waals surface area contributed by atoms with Gasteiger partial charge in [-0.25, -0.2) is 0 Å². The molecule has 0 aromatic heterocycles. The van der Waals surface area contributed by atoms with Crippen LogP contribution in [0.15, 0.2) is 0 Å². The Balaban J connectivity index is -0.0000000533. The van der Waals surface area contributed by atoms with E-state index in [0.717, 1.165) is 0 Å². The van der Waals surface area contributed by atoms with Crippen LogP contribution >= 0.6 is 0 Å². The number of rotatable bonds is 2. The minimum absolute atomic E-state index is 0. The summed E-state index contributed by atoms with van der Waals surface area (Å²) in [7, 11) is 0. The first-order chi connectivity index (χ1) is 3.71. The Bertz CT molecular complexity index is 241. The Morgan fingerprint density at radius 1 is 0.769 bits per heavy atom. The van der Waals surface area contributed by atoms with Gasteiger partial charge in [0.25, 0.3) is 0 Å². The van der Waals surface area contributed by atoms with Crippen molar-refractivity contribution < 1.29 is 64.5 Å². The molecule has 0 fully saturated rings. The molecular weight excluding hydrogens is 294 g/mol. The normalized spacial score (nSPS) is 9.38. The first-order valence-corrected chi connectivity index (χ1v) is 5.63. The van der Waals surface area contributed by atoms with Crippen LogP contribution in [-0.2, 0) is 45.3 Å². The van der Waals surface area contributed by atoms with Crippen LogP contribution in [-0.4, -0.2) is 78.4 Å². The van der Waals surface area contributed by atoms with Gasteiger partial charge in [-0.1, -0.05) is 0 Å².